The zero-order valence-corrected chi connectivity index (χ0v) is 14.6. The van der Waals surface area contributed by atoms with E-state index in [4.69, 9.17) is 4.74 Å². The van der Waals surface area contributed by atoms with Gasteiger partial charge in [-0.2, -0.15) is 0 Å². The largest absolute Gasteiger partial charge is 0.494 e. The number of carbonyl (C=O) groups is 1. The van der Waals surface area contributed by atoms with Crippen LogP contribution >= 0.6 is 0 Å². The van der Waals surface area contributed by atoms with Gasteiger partial charge in [0.15, 0.2) is 0 Å². The molecule has 1 fully saturated rings. The number of benzene rings is 1. The van der Waals surface area contributed by atoms with E-state index in [1.54, 1.807) is 6.08 Å². The van der Waals surface area contributed by atoms with Gasteiger partial charge in [-0.15, -0.1) is 0 Å². The van der Waals surface area contributed by atoms with Crippen molar-refractivity contribution in [2.45, 2.75) is 37.5 Å². The van der Waals surface area contributed by atoms with Gasteiger partial charge in [-0.1, -0.05) is 36.4 Å². The number of ether oxygens (including phenoxy) is 1. The van der Waals surface area contributed by atoms with Crippen LogP contribution in [0.15, 0.2) is 54.3 Å². The van der Waals surface area contributed by atoms with Crippen LogP contribution in [-0.2, 0) is 14.9 Å². The number of carboxylic acids is 1. The highest BCUT2D eigenvalue weighted by Gasteiger charge is 2.38. The minimum atomic E-state index is -0.984. The number of allylic oxidation sites excluding steroid dienone is 2. The molecule has 2 N–H and O–H groups in total. The van der Waals surface area contributed by atoms with Crippen LogP contribution in [0.25, 0.3) is 0 Å². The van der Waals surface area contributed by atoms with Crippen molar-refractivity contribution in [2.24, 2.45) is 5.92 Å². The lowest BCUT2D eigenvalue weighted by atomic mass is 9.75. The first-order chi connectivity index (χ1) is 12.2. The first-order valence-electron chi connectivity index (χ1n) is 9.22. The summed E-state index contributed by atoms with van der Waals surface area (Å²) in [5, 5.41) is 13.2. The molecule has 2 unspecified atom stereocenters. The number of rotatable bonds is 7. The molecule has 0 bridgehead atoms. The number of piperidine rings is 1. The Morgan fingerprint density at radius 2 is 2.16 bits per heavy atom. The second-order valence-electron chi connectivity index (χ2n) is 6.99. The highest BCUT2D eigenvalue weighted by molar-refractivity contribution is 5.85. The van der Waals surface area contributed by atoms with Gasteiger partial charge in [-0.05, 0) is 68.8 Å². The summed E-state index contributed by atoms with van der Waals surface area (Å²) < 4.78 is 5.84. The Hall–Kier alpha value is -2.07. The van der Waals surface area contributed by atoms with Crippen LogP contribution in [0.3, 0.4) is 0 Å². The van der Waals surface area contributed by atoms with Crippen LogP contribution in [0.2, 0.25) is 0 Å². The number of nitrogens with one attached hydrogen (secondary N) is 1. The molecule has 0 radical (unpaired) electrons. The van der Waals surface area contributed by atoms with E-state index in [0.29, 0.717) is 13.0 Å². The van der Waals surface area contributed by atoms with E-state index in [0.717, 1.165) is 36.8 Å². The van der Waals surface area contributed by atoms with Crippen molar-refractivity contribution >= 4 is 5.97 Å². The highest BCUT2D eigenvalue weighted by Crippen LogP contribution is 2.34. The number of hydrogen-bond donors (Lipinski definition) is 2. The van der Waals surface area contributed by atoms with Gasteiger partial charge in [0.2, 0.25) is 0 Å². The minimum Gasteiger partial charge on any atom is -0.494 e. The van der Waals surface area contributed by atoms with Crippen molar-refractivity contribution in [1.82, 2.24) is 5.32 Å². The summed E-state index contributed by atoms with van der Waals surface area (Å²) in [5.41, 5.74) is -0.180. The van der Waals surface area contributed by atoms with Crippen LogP contribution in [0.5, 0.6) is 0 Å². The Kier molecular flexibility index (Phi) is 5.92. The summed E-state index contributed by atoms with van der Waals surface area (Å²) >= 11 is 0. The standard InChI is InChI=1S/C21H27NO3/c23-20(24)21(18-8-2-1-3-9-18)12-10-19(11-13-21)25-15-5-7-17-6-4-14-22-16-17/h1-3,8-12,17,22H,4-7,13-16H2,(H,23,24). The zero-order chi connectivity index (χ0) is 17.5. The van der Waals surface area contributed by atoms with E-state index in [1.165, 1.54) is 19.3 Å². The predicted molar refractivity (Wildman–Crippen MR) is 98.4 cm³/mol. The van der Waals surface area contributed by atoms with Crippen LogP contribution in [0.4, 0.5) is 0 Å². The second kappa shape index (κ2) is 8.34. The molecule has 1 saturated heterocycles. The van der Waals surface area contributed by atoms with E-state index in [2.05, 4.69) is 5.32 Å². The average Bonchev–Trinajstić information content (AvgIpc) is 2.67. The maximum absolute atomic E-state index is 11.9. The van der Waals surface area contributed by atoms with Crippen molar-refractivity contribution < 1.29 is 14.6 Å². The van der Waals surface area contributed by atoms with Crippen LogP contribution in [0.1, 0.15) is 37.7 Å². The molecule has 1 aromatic rings. The third kappa shape index (κ3) is 4.31. The van der Waals surface area contributed by atoms with Crippen molar-refractivity contribution in [3.63, 3.8) is 0 Å². The molecule has 134 valence electrons. The number of hydrogen-bond acceptors (Lipinski definition) is 3. The summed E-state index contributed by atoms with van der Waals surface area (Å²) in [4.78, 5) is 11.9. The van der Waals surface area contributed by atoms with E-state index in [1.807, 2.05) is 42.5 Å². The summed E-state index contributed by atoms with van der Waals surface area (Å²) in [6.07, 6.45) is 10.7. The lowest BCUT2D eigenvalue weighted by Gasteiger charge is -2.28. The molecule has 2 atom stereocenters. The normalized spacial score (nSPS) is 26.1. The van der Waals surface area contributed by atoms with Crippen LogP contribution in [-0.4, -0.2) is 30.8 Å². The summed E-state index contributed by atoms with van der Waals surface area (Å²) in [7, 11) is 0. The Bertz CT molecular complexity index is 632. The third-order valence-electron chi connectivity index (χ3n) is 5.25. The fourth-order valence-corrected chi connectivity index (χ4v) is 3.69. The molecule has 25 heavy (non-hydrogen) atoms. The molecule has 3 rings (SSSR count). The number of aliphatic carboxylic acids is 1. The molecule has 4 nitrogen and oxygen atoms in total. The lowest BCUT2D eigenvalue weighted by molar-refractivity contribution is -0.141. The smallest absolute Gasteiger partial charge is 0.318 e. The van der Waals surface area contributed by atoms with E-state index >= 15 is 0 Å². The first kappa shape index (κ1) is 17.7. The Labute approximate surface area is 149 Å². The van der Waals surface area contributed by atoms with E-state index in [9.17, 15) is 9.90 Å². The fraction of sp³-hybridized carbons (Fsp3) is 0.476. The van der Waals surface area contributed by atoms with Gasteiger partial charge in [0, 0.05) is 0 Å². The topological polar surface area (TPSA) is 58.6 Å². The van der Waals surface area contributed by atoms with E-state index < -0.39 is 11.4 Å². The van der Waals surface area contributed by atoms with Crippen molar-refractivity contribution in [3.8, 4) is 0 Å². The average molecular weight is 341 g/mol. The summed E-state index contributed by atoms with van der Waals surface area (Å²) in [6.45, 7) is 2.97. The third-order valence-corrected chi connectivity index (χ3v) is 5.25. The Balaban J connectivity index is 1.51. The molecule has 0 saturated carbocycles. The molecule has 1 aliphatic heterocycles. The van der Waals surface area contributed by atoms with E-state index in [-0.39, 0.29) is 0 Å². The molecule has 1 aromatic carbocycles. The highest BCUT2D eigenvalue weighted by atomic mass is 16.5. The summed E-state index contributed by atoms with van der Waals surface area (Å²) in [6, 6.07) is 9.40. The SMILES string of the molecule is O=C(O)C1(c2ccccc2)C=CC(OCCCC2CCCNC2)=CC1. The Morgan fingerprint density at radius 3 is 2.80 bits per heavy atom. The lowest BCUT2D eigenvalue weighted by Crippen LogP contribution is -2.34. The van der Waals surface area contributed by atoms with Crippen LogP contribution in [0, 0.1) is 5.92 Å². The molecule has 1 aliphatic carbocycles. The molecular weight excluding hydrogens is 314 g/mol. The molecular formula is C21H27NO3. The zero-order valence-electron chi connectivity index (χ0n) is 14.6. The van der Waals surface area contributed by atoms with Crippen molar-refractivity contribution in [1.29, 1.82) is 0 Å². The van der Waals surface area contributed by atoms with Gasteiger partial charge in [0.25, 0.3) is 0 Å². The summed E-state index contributed by atoms with van der Waals surface area (Å²) in [5.74, 6) is 0.732. The maximum Gasteiger partial charge on any atom is 0.318 e. The van der Waals surface area contributed by atoms with Gasteiger partial charge in [0.05, 0.1) is 6.61 Å². The predicted octanol–water partition coefficient (Wildman–Crippen LogP) is 3.65. The monoisotopic (exact) mass is 341 g/mol. The molecule has 2 aliphatic rings. The minimum absolute atomic E-state index is 0.421. The van der Waals surface area contributed by atoms with Gasteiger partial charge in [-0.25, -0.2) is 0 Å². The van der Waals surface area contributed by atoms with Gasteiger partial charge < -0.3 is 15.2 Å². The van der Waals surface area contributed by atoms with Gasteiger partial charge >= 0.3 is 5.97 Å². The molecule has 4 heteroatoms. The van der Waals surface area contributed by atoms with Gasteiger partial charge in [0.1, 0.15) is 11.2 Å². The quantitative estimate of drug-likeness (QED) is 0.743. The molecule has 0 aromatic heterocycles. The first-order valence-corrected chi connectivity index (χ1v) is 9.22. The van der Waals surface area contributed by atoms with Crippen molar-refractivity contribution in [3.05, 3.63) is 59.9 Å². The molecule has 0 spiro atoms. The molecule has 0 amide bonds. The van der Waals surface area contributed by atoms with Gasteiger partial charge in [-0.3, -0.25) is 4.79 Å². The maximum atomic E-state index is 11.9. The van der Waals surface area contributed by atoms with Crippen LogP contribution < -0.4 is 5.32 Å². The number of carboxylic acid groups (broad SMARTS) is 1. The van der Waals surface area contributed by atoms with Crippen molar-refractivity contribution in [2.75, 3.05) is 19.7 Å². The fourth-order valence-electron chi connectivity index (χ4n) is 3.69. The second-order valence-corrected chi connectivity index (χ2v) is 6.99. The molecule has 1 heterocycles. The Morgan fingerprint density at radius 1 is 1.32 bits per heavy atom.